The van der Waals surface area contributed by atoms with Crippen molar-refractivity contribution >= 4 is 11.9 Å². The molecule has 2 fully saturated rings. The second-order valence-electron chi connectivity index (χ2n) is 17.4. The predicted octanol–water partition coefficient (Wildman–Crippen LogP) is 6.82. The Morgan fingerprint density at radius 1 is 0.485 bits per heavy atom. The maximum Gasteiger partial charge on any atom is 0.306 e. The van der Waals surface area contributed by atoms with Gasteiger partial charge in [-0.15, -0.1) is 0 Å². The highest BCUT2D eigenvalue weighted by molar-refractivity contribution is 5.70. The summed E-state index contributed by atoms with van der Waals surface area (Å²) in [6.45, 7) is 2.31. The topological polar surface area (TPSA) is 231 Å². The summed E-state index contributed by atoms with van der Waals surface area (Å²) in [5.74, 6) is -1.02. The van der Waals surface area contributed by atoms with E-state index in [2.05, 4.69) is 44.2 Å². The summed E-state index contributed by atoms with van der Waals surface area (Å²) in [7, 11) is 0. The first-order valence-electron chi connectivity index (χ1n) is 25.3. The smallest absolute Gasteiger partial charge is 0.306 e. The summed E-state index contributed by atoms with van der Waals surface area (Å²) in [4.78, 5) is 25.7. The molecular weight excluding hydrogens is 877 g/mol. The third-order valence-corrected chi connectivity index (χ3v) is 11.5. The summed E-state index contributed by atoms with van der Waals surface area (Å²) >= 11 is 0. The van der Waals surface area contributed by atoms with Crippen molar-refractivity contribution in [1.29, 1.82) is 0 Å². The average molecular weight is 963 g/mol. The third kappa shape index (κ3) is 27.2. The van der Waals surface area contributed by atoms with Gasteiger partial charge in [-0.25, -0.2) is 0 Å². The van der Waals surface area contributed by atoms with Crippen LogP contribution in [0.2, 0.25) is 0 Å². The Labute approximate surface area is 405 Å². The van der Waals surface area contributed by atoms with Gasteiger partial charge < -0.3 is 64.2 Å². The van der Waals surface area contributed by atoms with Crippen molar-refractivity contribution < 1.29 is 73.8 Å². The molecule has 5 unspecified atom stereocenters. The highest BCUT2D eigenvalue weighted by Crippen LogP contribution is 2.26. The van der Waals surface area contributed by atoms with Crippen LogP contribution in [0, 0.1) is 0 Å². The monoisotopic (exact) mass is 963 g/mol. The lowest BCUT2D eigenvalue weighted by Gasteiger charge is -2.42. The van der Waals surface area contributed by atoms with Crippen LogP contribution in [0.25, 0.3) is 0 Å². The number of ether oxygens (including phenoxy) is 6. The molecule has 0 spiro atoms. The lowest BCUT2D eigenvalue weighted by atomic mass is 9.98. The summed E-state index contributed by atoms with van der Waals surface area (Å²) in [6.07, 6.45) is 30.6. The van der Waals surface area contributed by atoms with E-state index in [-0.39, 0.29) is 19.4 Å². The van der Waals surface area contributed by atoms with E-state index in [0.717, 1.165) is 38.5 Å². The Morgan fingerprint density at radius 2 is 0.941 bits per heavy atom. The largest absolute Gasteiger partial charge is 0.462 e. The van der Waals surface area contributed by atoms with Gasteiger partial charge in [-0.1, -0.05) is 163 Å². The molecule has 15 heteroatoms. The summed E-state index contributed by atoms with van der Waals surface area (Å²) in [5.41, 5.74) is 0. The molecule has 0 bridgehead atoms. The first kappa shape index (κ1) is 60.8. The fourth-order valence-electron chi connectivity index (χ4n) is 7.35. The number of aliphatic hydroxyl groups excluding tert-OH is 7. The summed E-state index contributed by atoms with van der Waals surface area (Å²) in [6, 6.07) is 0. The number of hydrogen-bond acceptors (Lipinski definition) is 15. The molecule has 2 rings (SSSR count). The lowest BCUT2D eigenvalue weighted by Crippen LogP contribution is -2.61. The van der Waals surface area contributed by atoms with Gasteiger partial charge in [0.15, 0.2) is 18.7 Å². The molecule has 2 aliphatic heterocycles. The van der Waals surface area contributed by atoms with Gasteiger partial charge in [-0.05, 0) is 51.4 Å². The van der Waals surface area contributed by atoms with Gasteiger partial charge in [0.25, 0.3) is 0 Å². The van der Waals surface area contributed by atoms with Crippen LogP contribution < -0.4 is 0 Å². The zero-order valence-corrected chi connectivity index (χ0v) is 40.8. The van der Waals surface area contributed by atoms with Crippen molar-refractivity contribution in [2.45, 2.75) is 210 Å². The quantitative estimate of drug-likeness (QED) is 0.0193. The Morgan fingerprint density at radius 3 is 1.51 bits per heavy atom. The SMILES string of the molecule is CC/C=C/C=C/C=C/C=C/C=C/CCCC(=O)OC(COC(=O)CCCCCCCCCCCC/C=C/C=C/CCCCC)CO[C@@H]1O[C@H](CO[C@@H]2O[C@H](CO)[C@H](O)C(O)C2O)[C@H](O)C(O)C1O. The Kier molecular flexibility index (Phi) is 35.2. The van der Waals surface area contributed by atoms with Gasteiger partial charge >= 0.3 is 11.9 Å². The molecule has 11 atom stereocenters. The molecule has 0 aromatic carbocycles. The van der Waals surface area contributed by atoms with E-state index in [4.69, 9.17) is 28.4 Å². The highest BCUT2D eigenvalue weighted by Gasteiger charge is 2.47. The zero-order valence-electron chi connectivity index (χ0n) is 40.8. The first-order valence-corrected chi connectivity index (χ1v) is 25.3. The van der Waals surface area contributed by atoms with Crippen molar-refractivity contribution in [1.82, 2.24) is 0 Å². The Balaban J connectivity index is 1.82. The van der Waals surface area contributed by atoms with Gasteiger partial charge in [0.2, 0.25) is 0 Å². The average Bonchev–Trinajstić information content (AvgIpc) is 3.33. The van der Waals surface area contributed by atoms with E-state index in [1.54, 1.807) is 0 Å². The van der Waals surface area contributed by atoms with Crippen LogP contribution in [-0.4, -0.2) is 142 Å². The molecule has 0 aromatic rings. The molecule has 2 heterocycles. The van der Waals surface area contributed by atoms with Crippen molar-refractivity contribution in [3.05, 3.63) is 85.1 Å². The van der Waals surface area contributed by atoms with Gasteiger partial charge in [-0.3, -0.25) is 9.59 Å². The maximum atomic E-state index is 12.9. The minimum atomic E-state index is -1.78. The maximum absolute atomic E-state index is 12.9. The van der Waals surface area contributed by atoms with Gasteiger partial charge in [-0.2, -0.15) is 0 Å². The van der Waals surface area contributed by atoms with Crippen molar-refractivity contribution in [2.75, 3.05) is 26.4 Å². The van der Waals surface area contributed by atoms with Crippen molar-refractivity contribution in [3.63, 3.8) is 0 Å². The number of hydrogen-bond donors (Lipinski definition) is 7. The molecule has 15 nitrogen and oxygen atoms in total. The number of carbonyl (C=O) groups is 2. The van der Waals surface area contributed by atoms with Crippen molar-refractivity contribution in [2.24, 2.45) is 0 Å². The zero-order chi connectivity index (χ0) is 49.6. The van der Waals surface area contributed by atoms with E-state index in [1.165, 1.54) is 57.8 Å². The fourth-order valence-corrected chi connectivity index (χ4v) is 7.35. The van der Waals surface area contributed by atoms with Crippen LogP contribution in [0.4, 0.5) is 0 Å². The molecule has 0 radical (unpaired) electrons. The number of unbranched alkanes of at least 4 members (excludes halogenated alkanes) is 14. The second kappa shape index (κ2) is 39.4. The summed E-state index contributed by atoms with van der Waals surface area (Å²) < 4.78 is 33.4. The van der Waals surface area contributed by atoms with Crippen LogP contribution in [0.15, 0.2) is 85.1 Å². The normalized spacial score (nSPS) is 26.5. The van der Waals surface area contributed by atoms with E-state index >= 15 is 0 Å². The molecule has 7 N–H and O–H groups in total. The number of rotatable bonds is 37. The summed E-state index contributed by atoms with van der Waals surface area (Å²) in [5, 5.41) is 72.0. The van der Waals surface area contributed by atoms with Gasteiger partial charge in [0.1, 0.15) is 55.4 Å². The molecular formula is C53H86O15. The number of carbonyl (C=O) groups excluding carboxylic acids is 2. The number of esters is 2. The minimum Gasteiger partial charge on any atom is -0.462 e. The molecule has 0 aliphatic carbocycles. The molecule has 2 aliphatic rings. The van der Waals surface area contributed by atoms with Gasteiger partial charge in [0.05, 0.1) is 19.8 Å². The molecule has 2 saturated heterocycles. The number of aliphatic hydroxyl groups is 7. The predicted molar refractivity (Wildman–Crippen MR) is 261 cm³/mol. The molecule has 388 valence electrons. The van der Waals surface area contributed by atoms with E-state index < -0.39 is 99.3 Å². The first-order chi connectivity index (χ1) is 33.0. The third-order valence-electron chi connectivity index (χ3n) is 11.5. The molecule has 0 amide bonds. The molecule has 68 heavy (non-hydrogen) atoms. The minimum absolute atomic E-state index is 0.0638. The highest BCUT2D eigenvalue weighted by atomic mass is 16.7. The Bertz CT molecular complexity index is 1510. The lowest BCUT2D eigenvalue weighted by molar-refractivity contribution is -0.332. The van der Waals surface area contributed by atoms with Crippen LogP contribution in [0.5, 0.6) is 0 Å². The van der Waals surface area contributed by atoms with Crippen LogP contribution in [0.3, 0.4) is 0 Å². The fraction of sp³-hybridized carbons (Fsp3) is 0.698. The van der Waals surface area contributed by atoms with E-state index in [9.17, 15) is 45.3 Å². The van der Waals surface area contributed by atoms with Crippen LogP contribution in [-0.2, 0) is 38.0 Å². The van der Waals surface area contributed by atoms with Gasteiger partial charge in [0, 0.05) is 12.8 Å². The van der Waals surface area contributed by atoms with Crippen molar-refractivity contribution in [3.8, 4) is 0 Å². The number of allylic oxidation sites excluding steroid dienone is 14. The standard InChI is InChI=1S/C53H86O15/c1-3-5-7-9-11-13-15-17-18-19-20-21-22-24-25-27-29-31-33-35-44(55)63-38-41(66-45(56)36-34-32-30-28-26-23-16-14-12-10-8-6-4-2)39-64-52-51(62)49(60)47(58)43(68-52)40-65-53-50(61)48(59)46(57)42(37-54)67-53/h6,8,10-17,23,26,28,30,41-43,46-54,57-62H,3-5,7,9,18-22,24-25,27,29,31-40H2,1-2H3/b8-6+,12-10+,13-11+,16-14+,17-15+,26-23+,30-28+/t41?,42-,43-,46+,47+,48?,49?,50?,51?,52-,53-/m1/s1. The van der Waals surface area contributed by atoms with E-state index in [0.29, 0.717) is 19.3 Å². The Hall–Kier alpha value is -3.32. The molecule has 0 saturated carbocycles. The second-order valence-corrected chi connectivity index (χ2v) is 17.4. The molecule has 0 aromatic heterocycles. The van der Waals surface area contributed by atoms with Crippen LogP contribution >= 0.6 is 0 Å². The van der Waals surface area contributed by atoms with Crippen LogP contribution in [0.1, 0.15) is 142 Å². The van der Waals surface area contributed by atoms with E-state index in [1.807, 2.05) is 54.7 Å².